The minimum atomic E-state index is 0.341. The average molecular weight is 276 g/mol. The fraction of sp³-hybridized carbons (Fsp3) is 0.667. The second kappa shape index (κ2) is 7.80. The third-order valence-electron chi connectivity index (χ3n) is 4.55. The molecule has 1 aromatic rings. The lowest BCUT2D eigenvalue weighted by atomic mass is 9.94. The summed E-state index contributed by atoms with van der Waals surface area (Å²) in [5.41, 5.74) is 11.6. The van der Waals surface area contributed by atoms with E-state index in [0.29, 0.717) is 12.6 Å². The average Bonchev–Trinajstić information content (AvgIpc) is 2.43. The Morgan fingerprint density at radius 1 is 1.05 bits per heavy atom. The highest BCUT2D eigenvalue weighted by atomic mass is 15.2. The summed E-state index contributed by atoms with van der Waals surface area (Å²) < 4.78 is 0. The zero-order valence-electron chi connectivity index (χ0n) is 14.2. The Kier molecular flexibility index (Phi) is 6.70. The minimum Gasteiger partial charge on any atom is -0.329 e. The molecule has 0 aliphatic heterocycles. The molecular formula is C18H32N2. The zero-order valence-corrected chi connectivity index (χ0v) is 14.2. The molecule has 0 heterocycles. The van der Waals surface area contributed by atoms with Crippen LogP contribution < -0.4 is 5.73 Å². The van der Waals surface area contributed by atoms with Gasteiger partial charge in [-0.05, 0) is 55.5 Å². The molecule has 0 fully saturated rings. The topological polar surface area (TPSA) is 29.3 Å². The molecule has 2 heteroatoms. The van der Waals surface area contributed by atoms with Gasteiger partial charge in [0.1, 0.15) is 0 Å². The summed E-state index contributed by atoms with van der Waals surface area (Å²) in [7, 11) is 0. The van der Waals surface area contributed by atoms with E-state index in [1.165, 1.54) is 28.7 Å². The Labute approximate surface area is 125 Å². The van der Waals surface area contributed by atoms with E-state index in [9.17, 15) is 0 Å². The van der Waals surface area contributed by atoms with Gasteiger partial charge in [-0.15, -0.1) is 0 Å². The van der Waals surface area contributed by atoms with Crippen molar-refractivity contribution in [3.63, 3.8) is 0 Å². The Bertz CT molecular complexity index is 426. The van der Waals surface area contributed by atoms with E-state index in [1.54, 1.807) is 0 Å². The van der Waals surface area contributed by atoms with E-state index in [4.69, 9.17) is 5.73 Å². The Morgan fingerprint density at radius 2 is 1.65 bits per heavy atom. The van der Waals surface area contributed by atoms with Crippen LogP contribution in [0, 0.1) is 26.7 Å². The summed E-state index contributed by atoms with van der Waals surface area (Å²) in [6.45, 7) is 16.3. The lowest BCUT2D eigenvalue weighted by Gasteiger charge is -2.33. The monoisotopic (exact) mass is 276 g/mol. The molecule has 0 amide bonds. The van der Waals surface area contributed by atoms with Crippen LogP contribution >= 0.6 is 0 Å². The molecule has 0 saturated heterocycles. The second-order valence-corrected chi connectivity index (χ2v) is 6.15. The van der Waals surface area contributed by atoms with Gasteiger partial charge in [0.25, 0.3) is 0 Å². The van der Waals surface area contributed by atoms with Gasteiger partial charge in [-0.3, -0.25) is 4.90 Å². The van der Waals surface area contributed by atoms with Crippen molar-refractivity contribution in [2.24, 2.45) is 11.7 Å². The van der Waals surface area contributed by atoms with Gasteiger partial charge in [-0.25, -0.2) is 0 Å². The van der Waals surface area contributed by atoms with Crippen LogP contribution in [0.3, 0.4) is 0 Å². The SMILES string of the molecule is CCC(C)CN(CC)C(CN)c1cc(C)c(C)cc1C. The first kappa shape index (κ1) is 17.2. The highest BCUT2D eigenvalue weighted by Gasteiger charge is 2.21. The number of benzene rings is 1. The molecule has 20 heavy (non-hydrogen) atoms. The molecule has 1 aromatic carbocycles. The highest BCUT2D eigenvalue weighted by molar-refractivity contribution is 5.38. The normalized spacial score (nSPS) is 14.6. The zero-order chi connectivity index (χ0) is 15.3. The van der Waals surface area contributed by atoms with Crippen molar-refractivity contribution in [3.8, 4) is 0 Å². The molecule has 0 aromatic heterocycles. The van der Waals surface area contributed by atoms with Crippen molar-refractivity contribution in [1.82, 2.24) is 4.90 Å². The molecule has 0 aliphatic rings. The van der Waals surface area contributed by atoms with Crippen LogP contribution in [-0.4, -0.2) is 24.5 Å². The standard InChI is InChI=1S/C18H32N2/c1-7-13(3)12-20(8-2)18(11-19)17-10-15(5)14(4)9-16(17)6/h9-10,13,18H,7-8,11-12,19H2,1-6H3. The first-order chi connectivity index (χ1) is 9.44. The largest absolute Gasteiger partial charge is 0.329 e. The maximum atomic E-state index is 6.11. The molecule has 0 radical (unpaired) electrons. The van der Waals surface area contributed by atoms with Gasteiger partial charge >= 0.3 is 0 Å². The fourth-order valence-corrected chi connectivity index (χ4v) is 2.82. The van der Waals surface area contributed by atoms with Crippen molar-refractivity contribution >= 4 is 0 Å². The van der Waals surface area contributed by atoms with Gasteiger partial charge < -0.3 is 5.73 Å². The third-order valence-corrected chi connectivity index (χ3v) is 4.55. The molecule has 1 rings (SSSR count). The number of nitrogens with two attached hydrogens (primary N) is 1. The van der Waals surface area contributed by atoms with E-state index in [0.717, 1.165) is 19.0 Å². The first-order valence-corrected chi connectivity index (χ1v) is 7.96. The molecule has 0 bridgehead atoms. The van der Waals surface area contributed by atoms with Gasteiger partial charge in [0.2, 0.25) is 0 Å². The number of hydrogen-bond donors (Lipinski definition) is 1. The van der Waals surface area contributed by atoms with Gasteiger partial charge in [-0.1, -0.05) is 39.3 Å². The Hall–Kier alpha value is -0.860. The molecule has 114 valence electrons. The lowest BCUT2D eigenvalue weighted by Crippen LogP contribution is -2.37. The molecular weight excluding hydrogens is 244 g/mol. The highest BCUT2D eigenvalue weighted by Crippen LogP contribution is 2.26. The van der Waals surface area contributed by atoms with Gasteiger partial charge in [0, 0.05) is 19.1 Å². The van der Waals surface area contributed by atoms with Crippen molar-refractivity contribution in [2.45, 2.75) is 54.0 Å². The summed E-state index contributed by atoms with van der Waals surface area (Å²) in [5, 5.41) is 0. The van der Waals surface area contributed by atoms with E-state index in [2.05, 4.69) is 58.6 Å². The summed E-state index contributed by atoms with van der Waals surface area (Å²) >= 11 is 0. The molecule has 2 N–H and O–H groups in total. The summed E-state index contributed by atoms with van der Waals surface area (Å²) in [4.78, 5) is 2.53. The second-order valence-electron chi connectivity index (χ2n) is 6.15. The number of rotatable bonds is 7. The van der Waals surface area contributed by atoms with Gasteiger partial charge in [0.05, 0.1) is 0 Å². The Morgan fingerprint density at radius 3 is 2.15 bits per heavy atom. The first-order valence-electron chi connectivity index (χ1n) is 7.96. The van der Waals surface area contributed by atoms with Crippen LogP contribution in [0.15, 0.2) is 12.1 Å². The van der Waals surface area contributed by atoms with Crippen molar-refractivity contribution < 1.29 is 0 Å². The number of likely N-dealkylation sites (N-methyl/N-ethyl adjacent to an activating group) is 1. The maximum Gasteiger partial charge on any atom is 0.0473 e. The van der Waals surface area contributed by atoms with E-state index >= 15 is 0 Å². The van der Waals surface area contributed by atoms with Crippen molar-refractivity contribution in [1.29, 1.82) is 0 Å². The maximum absolute atomic E-state index is 6.11. The van der Waals surface area contributed by atoms with Crippen molar-refractivity contribution in [2.75, 3.05) is 19.6 Å². The number of nitrogens with zero attached hydrogens (tertiary/aromatic N) is 1. The van der Waals surface area contributed by atoms with E-state index in [1.807, 2.05) is 0 Å². The van der Waals surface area contributed by atoms with Crippen LogP contribution in [0.1, 0.15) is 55.5 Å². The molecule has 0 aliphatic carbocycles. The quantitative estimate of drug-likeness (QED) is 0.816. The van der Waals surface area contributed by atoms with Crippen LogP contribution in [-0.2, 0) is 0 Å². The fourth-order valence-electron chi connectivity index (χ4n) is 2.82. The molecule has 0 spiro atoms. The minimum absolute atomic E-state index is 0.341. The summed E-state index contributed by atoms with van der Waals surface area (Å²) in [6, 6.07) is 4.97. The molecule has 0 saturated carbocycles. The van der Waals surface area contributed by atoms with Crippen LogP contribution in [0.4, 0.5) is 0 Å². The summed E-state index contributed by atoms with van der Waals surface area (Å²) in [6.07, 6.45) is 1.22. The predicted molar refractivity (Wildman–Crippen MR) is 89.2 cm³/mol. The van der Waals surface area contributed by atoms with E-state index < -0.39 is 0 Å². The van der Waals surface area contributed by atoms with Crippen molar-refractivity contribution in [3.05, 3.63) is 34.4 Å². The van der Waals surface area contributed by atoms with Gasteiger partial charge in [0.15, 0.2) is 0 Å². The smallest absolute Gasteiger partial charge is 0.0473 e. The molecule has 2 unspecified atom stereocenters. The van der Waals surface area contributed by atoms with Crippen LogP contribution in [0.5, 0.6) is 0 Å². The number of hydrogen-bond acceptors (Lipinski definition) is 2. The number of aryl methyl sites for hydroxylation is 3. The van der Waals surface area contributed by atoms with E-state index in [-0.39, 0.29) is 0 Å². The lowest BCUT2D eigenvalue weighted by molar-refractivity contribution is 0.182. The summed E-state index contributed by atoms with van der Waals surface area (Å²) in [5.74, 6) is 0.718. The third kappa shape index (κ3) is 4.07. The van der Waals surface area contributed by atoms with Crippen LogP contribution in [0.25, 0.3) is 0 Å². The molecule has 2 atom stereocenters. The molecule has 2 nitrogen and oxygen atoms in total. The predicted octanol–water partition coefficient (Wildman–Crippen LogP) is 3.98. The van der Waals surface area contributed by atoms with Gasteiger partial charge in [-0.2, -0.15) is 0 Å². The van der Waals surface area contributed by atoms with Crippen LogP contribution in [0.2, 0.25) is 0 Å². The Balaban J connectivity index is 3.07.